The first-order valence-corrected chi connectivity index (χ1v) is 10.5. The molecule has 2 rings (SSSR count). The van der Waals surface area contributed by atoms with Gasteiger partial charge >= 0.3 is 10.1 Å². The minimum atomic E-state index is -4.26. The predicted octanol–water partition coefficient (Wildman–Crippen LogP) is 2.63. The molecule has 0 saturated carbocycles. The number of benzene rings is 2. The normalized spacial score (nSPS) is 11.4. The molecule has 30 heavy (non-hydrogen) atoms. The molecule has 0 bridgehead atoms. The maximum Gasteiger partial charge on any atom is 0.319 e. The first kappa shape index (κ1) is 23.4. The Morgan fingerprint density at radius 2 is 1.73 bits per heavy atom. The second-order valence-electron chi connectivity index (χ2n) is 5.79. The number of nitrogens with zero attached hydrogens (tertiary/aromatic N) is 2. The Morgan fingerprint density at radius 3 is 2.23 bits per heavy atom. The molecule has 0 saturated heterocycles. The van der Waals surface area contributed by atoms with Crippen molar-refractivity contribution < 1.29 is 26.9 Å². The van der Waals surface area contributed by atoms with Crippen molar-refractivity contribution in [2.24, 2.45) is 10.8 Å². The van der Waals surface area contributed by atoms with E-state index >= 15 is 0 Å². The summed E-state index contributed by atoms with van der Waals surface area (Å²) in [6.07, 6.45) is 1.22. The number of hydrazone groups is 1. The fourth-order valence-electron chi connectivity index (χ4n) is 2.31. The molecule has 2 aromatic carbocycles. The van der Waals surface area contributed by atoms with Crippen molar-refractivity contribution in [2.45, 2.75) is 11.8 Å². The van der Waals surface area contributed by atoms with E-state index in [2.05, 4.69) is 21.0 Å². The maximum atomic E-state index is 12.5. The quantitative estimate of drug-likeness (QED) is 0.320. The summed E-state index contributed by atoms with van der Waals surface area (Å²) in [4.78, 5) is -0.108. The third kappa shape index (κ3) is 5.20. The molecular weight excluding hydrogens is 480 g/mol. The van der Waals surface area contributed by atoms with Gasteiger partial charge in [0.2, 0.25) is 11.7 Å². The highest BCUT2D eigenvalue weighted by atomic mass is 79.9. The zero-order chi connectivity index (χ0) is 22.5. The molecule has 10 nitrogen and oxygen atoms in total. The van der Waals surface area contributed by atoms with Crippen LogP contribution in [-0.2, 0) is 14.4 Å². The Morgan fingerprint density at radius 1 is 1.13 bits per heavy atom. The van der Waals surface area contributed by atoms with E-state index in [-0.39, 0.29) is 4.90 Å². The molecule has 0 aliphatic heterocycles. The van der Waals surface area contributed by atoms with E-state index in [1.165, 1.54) is 39.7 Å². The standard InChI is InChI=1S/C18H21BrN4O6S/c1-11-5-7-13(8-6-11)30(24,25)29-23(18(20)21)22-10-12-9-14(26-2)16(27-3)17(28-4)15(12)19/h5-10H,1-4H3,(H3,20,21). The van der Waals surface area contributed by atoms with Gasteiger partial charge in [-0.1, -0.05) is 22.9 Å². The molecule has 2 aromatic rings. The predicted molar refractivity (Wildman–Crippen MR) is 115 cm³/mol. The van der Waals surface area contributed by atoms with Gasteiger partial charge in [-0.2, -0.15) is 8.42 Å². The van der Waals surface area contributed by atoms with Crippen LogP contribution in [0.25, 0.3) is 0 Å². The van der Waals surface area contributed by atoms with Gasteiger partial charge in [-0.15, -0.1) is 9.39 Å². The highest BCUT2D eigenvalue weighted by Crippen LogP contribution is 2.44. The number of hydrogen-bond acceptors (Lipinski definition) is 8. The number of halogens is 1. The van der Waals surface area contributed by atoms with Crippen LogP contribution in [0.15, 0.2) is 44.8 Å². The van der Waals surface area contributed by atoms with E-state index in [1.54, 1.807) is 18.2 Å². The van der Waals surface area contributed by atoms with Crippen LogP contribution in [0, 0.1) is 12.3 Å². The molecule has 0 radical (unpaired) electrons. The van der Waals surface area contributed by atoms with Gasteiger partial charge in [-0.3, -0.25) is 5.41 Å². The summed E-state index contributed by atoms with van der Waals surface area (Å²) >= 11 is 3.37. The minimum Gasteiger partial charge on any atom is -0.493 e. The van der Waals surface area contributed by atoms with Crippen LogP contribution in [-0.4, -0.2) is 47.1 Å². The molecule has 0 aliphatic carbocycles. The Balaban J connectivity index is 2.40. The topological polar surface area (TPSA) is 137 Å². The number of nitrogens with two attached hydrogens (primary N) is 1. The average Bonchev–Trinajstić information content (AvgIpc) is 2.71. The summed E-state index contributed by atoms with van der Waals surface area (Å²) < 4.78 is 46.2. The number of guanidine groups is 1. The number of aryl methyl sites for hydroxylation is 1. The van der Waals surface area contributed by atoms with Gasteiger partial charge in [0.15, 0.2) is 11.5 Å². The zero-order valence-corrected chi connectivity index (χ0v) is 19.1. The molecule has 12 heteroatoms. The van der Waals surface area contributed by atoms with Crippen LogP contribution in [0.4, 0.5) is 0 Å². The van der Waals surface area contributed by atoms with Crippen LogP contribution < -0.4 is 19.9 Å². The summed E-state index contributed by atoms with van der Waals surface area (Å²) in [6.45, 7) is 1.82. The summed E-state index contributed by atoms with van der Waals surface area (Å²) in [5.41, 5.74) is 6.73. The summed E-state index contributed by atoms with van der Waals surface area (Å²) in [5.74, 6) is 0.290. The van der Waals surface area contributed by atoms with E-state index in [9.17, 15) is 8.42 Å². The largest absolute Gasteiger partial charge is 0.493 e. The summed E-state index contributed by atoms with van der Waals surface area (Å²) in [6, 6.07) is 7.56. The highest BCUT2D eigenvalue weighted by molar-refractivity contribution is 9.10. The number of hydroxylamine groups is 1. The monoisotopic (exact) mass is 500 g/mol. The van der Waals surface area contributed by atoms with Gasteiger partial charge in [0.05, 0.1) is 36.9 Å². The minimum absolute atomic E-state index is 0.108. The third-order valence-electron chi connectivity index (χ3n) is 3.78. The number of rotatable bonds is 8. The molecule has 0 aromatic heterocycles. The van der Waals surface area contributed by atoms with Gasteiger partial charge in [0.25, 0.3) is 0 Å². The van der Waals surface area contributed by atoms with Crippen LogP contribution in [0.5, 0.6) is 17.2 Å². The lowest BCUT2D eigenvalue weighted by Gasteiger charge is -2.17. The summed E-state index contributed by atoms with van der Waals surface area (Å²) in [5, 5.41) is 11.8. The van der Waals surface area contributed by atoms with Gasteiger partial charge in [-0.25, -0.2) is 0 Å². The lowest BCUT2D eigenvalue weighted by molar-refractivity contribution is 0.0284. The van der Waals surface area contributed by atoms with Crippen LogP contribution in [0.3, 0.4) is 0 Å². The van der Waals surface area contributed by atoms with Gasteiger partial charge in [0.1, 0.15) is 0 Å². The average molecular weight is 501 g/mol. The van der Waals surface area contributed by atoms with Gasteiger partial charge in [-0.05, 0) is 41.1 Å². The van der Waals surface area contributed by atoms with Gasteiger partial charge in [0, 0.05) is 5.56 Å². The van der Waals surface area contributed by atoms with E-state index in [0.717, 1.165) is 5.56 Å². The highest BCUT2D eigenvalue weighted by Gasteiger charge is 2.22. The lowest BCUT2D eigenvalue weighted by atomic mass is 10.2. The first-order valence-electron chi connectivity index (χ1n) is 8.32. The zero-order valence-electron chi connectivity index (χ0n) is 16.7. The smallest absolute Gasteiger partial charge is 0.319 e. The number of ether oxygens (including phenoxy) is 3. The van der Waals surface area contributed by atoms with Crippen molar-refractivity contribution >= 4 is 38.2 Å². The number of methoxy groups -OCH3 is 3. The van der Waals surface area contributed by atoms with E-state index in [0.29, 0.717) is 32.5 Å². The summed E-state index contributed by atoms with van der Waals surface area (Å²) in [7, 11) is 0.0945. The van der Waals surface area contributed by atoms with Crippen molar-refractivity contribution in [1.82, 2.24) is 5.17 Å². The lowest BCUT2D eigenvalue weighted by Crippen LogP contribution is -2.34. The molecule has 0 spiro atoms. The number of hydrogen-bond donors (Lipinski definition) is 2. The SMILES string of the molecule is COc1cc(C=NN(OS(=O)(=O)c2ccc(C)cc2)C(=N)N)c(Br)c(OC)c1OC. The molecule has 3 N–H and O–H groups in total. The fraction of sp³-hybridized carbons (Fsp3) is 0.222. The molecule has 162 valence electrons. The van der Waals surface area contributed by atoms with Crippen LogP contribution >= 0.6 is 15.9 Å². The number of nitrogens with one attached hydrogen (secondary N) is 1. The molecular formula is C18H21BrN4O6S. The first-order chi connectivity index (χ1) is 14.1. The van der Waals surface area contributed by atoms with E-state index in [1.807, 2.05) is 6.92 Å². The molecule has 0 fully saturated rings. The molecule has 0 atom stereocenters. The van der Waals surface area contributed by atoms with Crippen LogP contribution in [0.1, 0.15) is 11.1 Å². The van der Waals surface area contributed by atoms with Crippen molar-refractivity contribution in [3.8, 4) is 17.2 Å². The van der Waals surface area contributed by atoms with Crippen LogP contribution in [0.2, 0.25) is 0 Å². The molecule has 0 aliphatic rings. The maximum absolute atomic E-state index is 12.5. The third-order valence-corrected chi connectivity index (χ3v) is 5.79. The van der Waals surface area contributed by atoms with E-state index in [4.69, 9.17) is 29.6 Å². The van der Waals surface area contributed by atoms with Crippen molar-refractivity contribution in [3.05, 3.63) is 45.9 Å². The fourth-order valence-corrected chi connectivity index (χ4v) is 3.73. The second-order valence-corrected chi connectivity index (χ2v) is 8.11. The Hall–Kier alpha value is -2.83. The molecule has 0 amide bonds. The Bertz CT molecular complexity index is 1060. The van der Waals surface area contributed by atoms with E-state index < -0.39 is 16.1 Å². The molecule has 0 unspecified atom stereocenters. The van der Waals surface area contributed by atoms with Crippen molar-refractivity contribution in [1.29, 1.82) is 5.41 Å². The molecule has 0 heterocycles. The second kappa shape index (κ2) is 9.78. The Kier molecular flexibility index (Phi) is 7.65. The van der Waals surface area contributed by atoms with Crippen molar-refractivity contribution in [3.63, 3.8) is 0 Å². The Labute approximate surface area is 182 Å². The van der Waals surface area contributed by atoms with Gasteiger partial charge < -0.3 is 19.9 Å². The van der Waals surface area contributed by atoms with Crippen molar-refractivity contribution in [2.75, 3.05) is 21.3 Å².